The summed E-state index contributed by atoms with van der Waals surface area (Å²) in [6.07, 6.45) is -1.68. The second kappa shape index (κ2) is 6.10. The van der Waals surface area contributed by atoms with Crippen molar-refractivity contribution >= 4 is 11.9 Å². The lowest BCUT2D eigenvalue weighted by Gasteiger charge is -2.09. The number of aliphatic hydroxyl groups excluding tert-OH is 1. The number of aliphatic carboxylic acids is 1. The third-order valence-corrected chi connectivity index (χ3v) is 2.69. The highest BCUT2D eigenvalue weighted by Crippen LogP contribution is 2.04. The minimum Gasteiger partial charge on any atom is -0.479 e. The Labute approximate surface area is 108 Å². The van der Waals surface area contributed by atoms with Gasteiger partial charge < -0.3 is 15.5 Å². The number of carboxylic acids is 1. The third kappa shape index (κ3) is 3.62. The van der Waals surface area contributed by atoms with E-state index in [9.17, 15) is 14.4 Å². The summed E-state index contributed by atoms with van der Waals surface area (Å²) in [5.74, 6) is -1.98. The molecule has 0 bridgehead atoms. The van der Waals surface area contributed by atoms with Gasteiger partial charge in [-0.25, -0.2) is 9.89 Å². The van der Waals surface area contributed by atoms with E-state index in [0.29, 0.717) is 11.3 Å². The number of carbonyl (C=O) groups is 2. The molecule has 0 saturated heterocycles. The zero-order chi connectivity index (χ0) is 14.6. The molecule has 1 aromatic heterocycles. The van der Waals surface area contributed by atoms with E-state index in [4.69, 9.17) is 10.2 Å². The normalized spacial score (nSPS) is 11.9. The van der Waals surface area contributed by atoms with Crippen molar-refractivity contribution < 1.29 is 19.8 Å². The van der Waals surface area contributed by atoms with Gasteiger partial charge in [0.05, 0.1) is 5.69 Å². The number of nitrogens with one attached hydrogen (secondary N) is 2. The standard InChI is InChI=1S/C11H15N3O5/c1-5-6(2)13-14-10(17)8(5)9(16)12-4-3-7(15)11(18)19/h7,15H,3-4H2,1-2H3,(H,12,16)(H,14,17)(H,18,19)/t7-/m0/s1. The van der Waals surface area contributed by atoms with Crippen LogP contribution < -0.4 is 10.9 Å². The van der Waals surface area contributed by atoms with Crippen LogP contribution in [0.5, 0.6) is 0 Å². The summed E-state index contributed by atoms with van der Waals surface area (Å²) in [4.78, 5) is 33.7. The van der Waals surface area contributed by atoms with Crippen molar-refractivity contribution in [3.8, 4) is 0 Å². The van der Waals surface area contributed by atoms with Gasteiger partial charge in [0, 0.05) is 13.0 Å². The van der Waals surface area contributed by atoms with Crippen molar-refractivity contribution in [1.29, 1.82) is 0 Å². The highest BCUT2D eigenvalue weighted by atomic mass is 16.4. The first-order valence-corrected chi connectivity index (χ1v) is 5.59. The Morgan fingerprint density at radius 1 is 1.42 bits per heavy atom. The zero-order valence-corrected chi connectivity index (χ0v) is 10.6. The molecule has 1 atom stereocenters. The molecule has 0 aliphatic heterocycles. The fraction of sp³-hybridized carbons (Fsp3) is 0.455. The summed E-state index contributed by atoms with van der Waals surface area (Å²) in [7, 11) is 0. The van der Waals surface area contributed by atoms with E-state index in [2.05, 4.69) is 15.5 Å². The predicted molar refractivity (Wildman–Crippen MR) is 64.9 cm³/mol. The Morgan fingerprint density at radius 2 is 2.05 bits per heavy atom. The van der Waals surface area contributed by atoms with E-state index < -0.39 is 23.5 Å². The average molecular weight is 269 g/mol. The van der Waals surface area contributed by atoms with E-state index >= 15 is 0 Å². The lowest BCUT2D eigenvalue weighted by Crippen LogP contribution is -2.34. The van der Waals surface area contributed by atoms with E-state index in [1.807, 2.05) is 0 Å². The Morgan fingerprint density at radius 3 is 2.63 bits per heavy atom. The summed E-state index contributed by atoms with van der Waals surface area (Å²) < 4.78 is 0. The molecule has 0 radical (unpaired) electrons. The number of aromatic amines is 1. The van der Waals surface area contributed by atoms with Gasteiger partial charge in [-0.05, 0) is 19.4 Å². The minimum atomic E-state index is -1.54. The number of aliphatic hydroxyl groups is 1. The van der Waals surface area contributed by atoms with Crippen molar-refractivity contribution in [1.82, 2.24) is 15.5 Å². The summed E-state index contributed by atoms with van der Waals surface area (Å²) in [6, 6.07) is 0. The molecule has 19 heavy (non-hydrogen) atoms. The van der Waals surface area contributed by atoms with Crippen LogP contribution in [0.2, 0.25) is 0 Å². The van der Waals surface area contributed by atoms with Crippen LogP contribution in [0.3, 0.4) is 0 Å². The van der Waals surface area contributed by atoms with Gasteiger partial charge in [0.25, 0.3) is 11.5 Å². The first-order valence-electron chi connectivity index (χ1n) is 5.59. The Kier molecular flexibility index (Phi) is 4.76. The van der Waals surface area contributed by atoms with Crippen LogP contribution in [0.1, 0.15) is 28.0 Å². The molecular formula is C11H15N3O5. The molecule has 4 N–H and O–H groups in total. The van der Waals surface area contributed by atoms with Crippen molar-refractivity contribution in [2.75, 3.05) is 6.54 Å². The highest BCUT2D eigenvalue weighted by Gasteiger charge is 2.17. The first-order chi connectivity index (χ1) is 8.84. The number of hydrogen-bond donors (Lipinski definition) is 4. The predicted octanol–water partition coefficient (Wildman–Crippen LogP) is -1.05. The maximum absolute atomic E-state index is 11.8. The molecule has 1 aromatic rings. The maximum Gasteiger partial charge on any atom is 0.332 e. The molecule has 1 amide bonds. The first kappa shape index (κ1) is 14.8. The third-order valence-electron chi connectivity index (χ3n) is 2.69. The minimum absolute atomic E-state index is 0.0491. The molecule has 0 aromatic carbocycles. The van der Waals surface area contributed by atoms with E-state index in [-0.39, 0.29) is 18.5 Å². The molecule has 0 unspecified atom stereocenters. The van der Waals surface area contributed by atoms with Crippen LogP contribution in [0.15, 0.2) is 4.79 Å². The van der Waals surface area contributed by atoms with Crippen LogP contribution in [-0.2, 0) is 4.79 Å². The van der Waals surface area contributed by atoms with Gasteiger partial charge in [0.2, 0.25) is 0 Å². The van der Waals surface area contributed by atoms with Crippen molar-refractivity contribution in [3.63, 3.8) is 0 Å². The summed E-state index contributed by atoms with van der Waals surface area (Å²) >= 11 is 0. The quantitative estimate of drug-likeness (QED) is 0.539. The molecule has 0 aliphatic carbocycles. The van der Waals surface area contributed by atoms with Crippen LogP contribution in [-0.4, -0.2) is 44.9 Å². The molecule has 1 heterocycles. The van der Waals surface area contributed by atoms with Crippen molar-refractivity contribution in [2.45, 2.75) is 26.4 Å². The number of aryl methyl sites for hydroxylation is 1. The number of H-pyrrole nitrogens is 1. The van der Waals surface area contributed by atoms with Gasteiger partial charge in [-0.3, -0.25) is 9.59 Å². The monoisotopic (exact) mass is 269 g/mol. The lowest BCUT2D eigenvalue weighted by molar-refractivity contribution is -0.146. The lowest BCUT2D eigenvalue weighted by atomic mass is 10.1. The van der Waals surface area contributed by atoms with Gasteiger partial charge in [-0.1, -0.05) is 0 Å². The largest absolute Gasteiger partial charge is 0.479 e. The van der Waals surface area contributed by atoms with Crippen LogP contribution >= 0.6 is 0 Å². The Hall–Kier alpha value is -2.22. The van der Waals surface area contributed by atoms with E-state index in [0.717, 1.165) is 0 Å². The molecule has 0 saturated carbocycles. The van der Waals surface area contributed by atoms with Gasteiger partial charge in [0.1, 0.15) is 5.56 Å². The fourth-order valence-electron chi connectivity index (χ4n) is 1.43. The van der Waals surface area contributed by atoms with Gasteiger partial charge in [-0.2, -0.15) is 5.10 Å². The second-order valence-electron chi connectivity index (χ2n) is 4.04. The average Bonchev–Trinajstić information content (AvgIpc) is 2.34. The molecule has 0 spiro atoms. The number of aromatic nitrogens is 2. The van der Waals surface area contributed by atoms with Crippen LogP contribution in [0.4, 0.5) is 0 Å². The number of rotatable bonds is 5. The van der Waals surface area contributed by atoms with Gasteiger partial charge in [-0.15, -0.1) is 0 Å². The van der Waals surface area contributed by atoms with Crippen LogP contribution in [0.25, 0.3) is 0 Å². The topological polar surface area (TPSA) is 132 Å². The Balaban J connectivity index is 2.72. The number of nitrogens with zero attached hydrogens (tertiary/aromatic N) is 1. The highest BCUT2D eigenvalue weighted by molar-refractivity contribution is 5.95. The molecule has 104 valence electrons. The van der Waals surface area contributed by atoms with E-state index in [1.54, 1.807) is 13.8 Å². The number of hydrogen-bond acceptors (Lipinski definition) is 5. The summed E-state index contributed by atoms with van der Waals surface area (Å²) in [5, 5.41) is 25.8. The molecule has 1 rings (SSSR count). The van der Waals surface area contributed by atoms with Gasteiger partial charge in [0.15, 0.2) is 6.10 Å². The molecule has 0 fully saturated rings. The SMILES string of the molecule is Cc1n[nH]c(=O)c(C(=O)NCC[C@H](O)C(=O)O)c1C. The van der Waals surface area contributed by atoms with Gasteiger partial charge >= 0.3 is 5.97 Å². The molecule has 0 aliphatic rings. The molecular weight excluding hydrogens is 254 g/mol. The smallest absolute Gasteiger partial charge is 0.332 e. The fourth-order valence-corrected chi connectivity index (χ4v) is 1.43. The maximum atomic E-state index is 11.8. The second-order valence-corrected chi connectivity index (χ2v) is 4.04. The number of carboxylic acid groups (broad SMARTS) is 1. The number of carbonyl (C=O) groups excluding carboxylic acids is 1. The Bertz CT molecular complexity index is 552. The van der Waals surface area contributed by atoms with E-state index in [1.165, 1.54) is 0 Å². The zero-order valence-electron chi connectivity index (χ0n) is 10.6. The summed E-state index contributed by atoms with van der Waals surface area (Å²) in [5.41, 5.74) is 0.312. The van der Waals surface area contributed by atoms with Crippen molar-refractivity contribution in [2.24, 2.45) is 0 Å². The molecule has 8 nitrogen and oxygen atoms in total. The van der Waals surface area contributed by atoms with Crippen molar-refractivity contribution in [3.05, 3.63) is 27.2 Å². The molecule has 8 heteroatoms. The van der Waals surface area contributed by atoms with Crippen LogP contribution in [0, 0.1) is 13.8 Å². The number of amides is 1. The summed E-state index contributed by atoms with van der Waals surface area (Å²) in [6.45, 7) is 3.20.